The molecule has 0 unspecified atom stereocenters. The summed E-state index contributed by atoms with van der Waals surface area (Å²) in [6.45, 7) is 15.0. The number of halogens is 1. The average Bonchev–Trinajstić information content (AvgIpc) is 2.54. The number of rotatable bonds is 13. The minimum atomic E-state index is 0. The molecule has 5 nitrogen and oxygen atoms in total. The second kappa shape index (κ2) is 16.4. The van der Waals surface area contributed by atoms with Crippen LogP contribution in [0.2, 0.25) is 0 Å². The number of ether oxygens (including phenoxy) is 1. The monoisotopic (exact) mass is 457 g/mol. The summed E-state index contributed by atoms with van der Waals surface area (Å²) in [6.07, 6.45) is 3.86. The van der Waals surface area contributed by atoms with E-state index in [1.807, 2.05) is 0 Å². The van der Waals surface area contributed by atoms with Gasteiger partial charge in [-0.15, -0.1) is 24.0 Å². The van der Waals surface area contributed by atoms with Crippen molar-refractivity contribution in [2.45, 2.75) is 60.3 Å². The van der Waals surface area contributed by atoms with E-state index in [2.05, 4.69) is 45.3 Å². The molecule has 0 aliphatic rings. The highest BCUT2D eigenvalue weighted by Crippen LogP contribution is 2.30. The number of nitrogens with one attached hydrogen (secondary N) is 2. The highest BCUT2D eigenvalue weighted by molar-refractivity contribution is 14.0. The third-order valence-electron chi connectivity index (χ3n) is 4.27. The lowest BCUT2D eigenvalue weighted by molar-refractivity contribution is 0.108. The molecule has 0 atom stereocenters. The van der Waals surface area contributed by atoms with E-state index in [1.165, 1.54) is 0 Å². The zero-order chi connectivity index (χ0) is 17.6. The van der Waals surface area contributed by atoms with Crippen LogP contribution in [-0.2, 0) is 4.74 Å². The van der Waals surface area contributed by atoms with Crippen LogP contribution in [0.4, 0.5) is 0 Å². The Morgan fingerprint density at radius 3 is 2.33 bits per heavy atom. The van der Waals surface area contributed by atoms with E-state index < -0.39 is 0 Å². The zero-order valence-electron chi connectivity index (χ0n) is 16.4. The third-order valence-corrected chi connectivity index (χ3v) is 4.27. The molecule has 0 aliphatic carbocycles. The first-order valence-electron chi connectivity index (χ1n) is 9.24. The van der Waals surface area contributed by atoms with E-state index in [-0.39, 0.29) is 36.0 Å². The zero-order valence-corrected chi connectivity index (χ0v) is 18.7. The van der Waals surface area contributed by atoms with Gasteiger partial charge in [-0.1, -0.05) is 27.7 Å². The summed E-state index contributed by atoms with van der Waals surface area (Å²) in [4.78, 5) is 4.73. The molecule has 6 heteroatoms. The number of aliphatic imine (C=N–C) groups is 1. The maximum absolute atomic E-state index is 9.30. The van der Waals surface area contributed by atoms with E-state index in [9.17, 15) is 5.11 Å². The Balaban J connectivity index is 0. The lowest BCUT2D eigenvalue weighted by Crippen LogP contribution is -2.39. The SMILES string of the molecule is CCNC(=NCC(CC)(CC)CCO)NCCCOCC(C)C.I. The Morgan fingerprint density at radius 1 is 1.17 bits per heavy atom. The fourth-order valence-corrected chi connectivity index (χ4v) is 2.43. The molecular formula is C18H40IN3O2. The summed E-state index contributed by atoms with van der Waals surface area (Å²) in [5, 5.41) is 16.0. The molecule has 3 N–H and O–H groups in total. The molecule has 0 aromatic carbocycles. The van der Waals surface area contributed by atoms with Crippen molar-refractivity contribution < 1.29 is 9.84 Å². The maximum atomic E-state index is 9.30. The topological polar surface area (TPSA) is 65.9 Å². The molecule has 0 heterocycles. The first-order chi connectivity index (χ1) is 11.0. The standard InChI is InChI=1S/C18H39N3O2.HI/c1-6-18(7-2,10-12-22)15-21-17(19-8-3)20-11-9-13-23-14-16(4)5;/h16,22H,6-15H2,1-5H3,(H2,19,20,21);1H. The van der Waals surface area contributed by atoms with Crippen molar-refractivity contribution in [2.75, 3.05) is 39.5 Å². The van der Waals surface area contributed by atoms with Gasteiger partial charge < -0.3 is 20.5 Å². The van der Waals surface area contributed by atoms with Gasteiger partial charge in [0.25, 0.3) is 0 Å². The van der Waals surface area contributed by atoms with Crippen molar-refractivity contribution in [1.82, 2.24) is 10.6 Å². The van der Waals surface area contributed by atoms with Gasteiger partial charge in [-0.05, 0) is 43.9 Å². The molecule has 0 fully saturated rings. The number of hydrogen-bond acceptors (Lipinski definition) is 3. The summed E-state index contributed by atoms with van der Waals surface area (Å²) in [5.74, 6) is 1.45. The summed E-state index contributed by atoms with van der Waals surface area (Å²) in [5.41, 5.74) is 0.109. The van der Waals surface area contributed by atoms with Crippen molar-refractivity contribution in [3.05, 3.63) is 0 Å². The minimum Gasteiger partial charge on any atom is -0.396 e. The molecule has 24 heavy (non-hydrogen) atoms. The van der Waals surface area contributed by atoms with Crippen LogP contribution >= 0.6 is 24.0 Å². The van der Waals surface area contributed by atoms with Crippen LogP contribution in [0.1, 0.15) is 60.3 Å². The van der Waals surface area contributed by atoms with Gasteiger partial charge in [0.2, 0.25) is 0 Å². The van der Waals surface area contributed by atoms with Gasteiger partial charge in [0.05, 0.1) is 0 Å². The number of hydrogen-bond donors (Lipinski definition) is 3. The third kappa shape index (κ3) is 12.3. The van der Waals surface area contributed by atoms with Crippen molar-refractivity contribution in [2.24, 2.45) is 16.3 Å². The minimum absolute atomic E-state index is 0. The highest BCUT2D eigenvalue weighted by atomic mass is 127. The Kier molecular flexibility index (Phi) is 17.9. The van der Waals surface area contributed by atoms with Gasteiger partial charge in [-0.2, -0.15) is 0 Å². The molecule has 0 rings (SSSR count). The molecule has 0 saturated carbocycles. The molecule has 0 aromatic heterocycles. The molecule has 146 valence electrons. The van der Waals surface area contributed by atoms with Crippen molar-refractivity contribution in [3.63, 3.8) is 0 Å². The first-order valence-corrected chi connectivity index (χ1v) is 9.24. The molecule has 0 amide bonds. The van der Waals surface area contributed by atoms with Crippen LogP contribution < -0.4 is 10.6 Å². The van der Waals surface area contributed by atoms with Crippen molar-refractivity contribution in [1.29, 1.82) is 0 Å². The summed E-state index contributed by atoms with van der Waals surface area (Å²) < 4.78 is 5.59. The number of aliphatic hydroxyl groups is 1. The molecule has 0 bridgehead atoms. The summed E-state index contributed by atoms with van der Waals surface area (Å²) >= 11 is 0. The van der Waals surface area contributed by atoms with Crippen molar-refractivity contribution in [3.8, 4) is 0 Å². The molecule has 0 aliphatic heterocycles. The summed E-state index contributed by atoms with van der Waals surface area (Å²) in [7, 11) is 0. The fraction of sp³-hybridized carbons (Fsp3) is 0.944. The largest absolute Gasteiger partial charge is 0.396 e. The molecule has 0 aromatic rings. The number of nitrogens with zero attached hydrogens (tertiary/aromatic N) is 1. The highest BCUT2D eigenvalue weighted by Gasteiger charge is 2.25. The van der Waals surface area contributed by atoms with Gasteiger partial charge >= 0.3 is 0 Å². The normalized spacial score (nSPS) is 12.2. The molecule has 0 radical (unpaired) electrons. The van der Waals surface area contributed by atoms with E-state index in [1.54, 1.807) is 0 Å². The molecular weight excluding hydrogens is 417 g/mol. The quantitative estimate of drug-likeness (QED) is 0.172. The smallest absolute Gasteiger partial charge is 0.191 e. The Bertz CT molecular complexity index is 309. The van der Waals surface area contributed by atoms with Gasteiger partial charge in [-0.25, -0.2) is 0 Å². The van der Waals surface area contributed by atoms with Crippen LogP contribution in [0.5, 0.6) is 0 Å². The van der Waals surface area contributed by atoms with E-state index in [0.717, 1.165) is 64.5 Å². The predicted molar refractivity (Wildman–Crippen MR) is 114 cm³/mol. The second-order valence-electron chi connectivity index (χ2n) is 6.62. The Labute approximate surface area is 166 Å². The predicted octanol–water partition coefficient (Wildman–Crippen LogP) is 3.41. The molecule has 0 saturated heterocycles. The molecule has 0 spiro atoms. The van der Waals surface area contributed by atoms with E-state index in [0.29, 0.717) is 5.92 Å². The van der Waals surface area contributed by atoms with Crippen molar-refractivity contribution >= 4 is 29.9 Å². The van der Waals surface area contributed by atoms with Crippen LogP contribution in [0.15, 0.2) is 4.99 Å². The second-order valence-corrected chi connectivity index (χ2v) is 6.62. The Hall–Kier alpha value is -0.0800. The van der Waals surface area contributed by atoms with Gasteiger partial charge in [0.1, 0.15) is 0 Å². The van der Waals surface area contributed by atoms with Crippen LogP contribution in [0.3, 0.4) is 0 Å². The Morgan fingerprint density at radius 2 is 1.83 bits per heavy atom. The average molecular weight is 457 g/mol. The van der Waals surface area contributed by atoms with Gasteiger partial charge in [0.15, 0.2) is 5.96 Å². The number of aliphatic hydroxyl groups excluding tert-OH is 1. The van der Waals surface area contributed by atoms with Gasteiger partial charge in [-0.3, -0.25) is 4.99 Å². The van der Waals surface area contributed by atoms with Crippen LogP contribution in [-0.4, -0.2) is 50.5 Å². The lowest BCUT2D eigenvalue weighted by atomic mass is 9.79. The van der Waals surface area contributed by atoms with Gasteiger partial charge in [0, 0.05) is 39.5 Å². The van der Waals surface area contributed by atoms with E-state index >= 15 is 0 Å². The summed E-state index contributed by atoms with van der Waals surface area (Å²) in [6, 6.07) is 0. The van der Waals surface area contributed by atoms with Crippen LogP contribution in [0.25, 0.3) is 0 Å². The lowest BCUT2D eigenvalue weighted by Gasteiger charge is -2.29. The van der Waals surface area contributed by atoms with E-state index in [4.69, 9.17) is 9.73 Å². The maximum Gasteiger partial charge on any atom is 0.191 e. The van der Waals surface area contributed by atoms with Crippen LogP contribution in [0, 0.1) is 11.3 Å². The fourth-order valence-electron chi connectivity index (χ4n) is 2.43. The first kappa shape index (κ1) is 26.2. The number of guanidine groups is 1.